The van der Waals surface area contributed by atoms with E-state index in [4.69, 9.17) is 9.15 Å². The first-order valence-electron chi connectivity index (χ1n) is 12.8. The molecular weight excluding hydrogens is 460 g/mol. The summed E-state index contributed by atoms with van der Waals surface area (Å²) in [7, 11) is 0. The summed E-state index contributed by atoms with van der Waals surface area (Å²) in [6.07, 6.45) is 6.18. The molecule has 0 radical (unpaired) electrons. The minimum atomic E-state index is -1.25. The first kappa shape index (κ1) is 25.2. The number of esters is 1. The Balaban J connectivity index is 1.72. The molecule has 4 aliphatic carbocycles. The zero-order valence-corrected chi connectivity index (χ0v) is 21.8. The van der Waals surface area contributed by atoms with Crippen LogP contribution in [0, 0.1) is 33.5 Å². The monoisotopic (exact) mass is 496 g/mol. The summed E-state index contributed by atoms with van der Waals surface area (Å²) in [5.41, 5.74) is -1.71. The van der Waals surface area contributed by atoms with Gasteiger partial charge in [-0.15, -0.1) is 0 Å². The van der Waals surface area contributed by atoms with Crippen LogP contribution in [0.15, 0.2) is 46.8 Å². The van der Waals surface area contributed by atoms with Crippen molar-refractivity contribution in [2.24, 2.45) is 33.5 Å². The van der Waals surface area contributed by atoms with Gasteiger partial charge < -0.3 is 19.4 Å². The smallest absolute Gasteiger partial charge is 0.303 e. The topological polar surface area (TPSA) is 114 Å². The number of carbonyl (C=O) groups is 3. The van der Waals surface area contributed by atoms with E-state index in [0.29, 0.717) is 12.8 Å². The lowest BCUT2D eigenvalue weighted by Crippen LogP contribution is -2.69. The number of hydrogen-bond acceptors (Lipinski definition) is 7. The average molecular weight is 497 g/mol. The van der Waals surface area contributed by atoms with E-state index in [2.05, 4.69) is 6.92 Å². The van der Waals surface area contributed by atoms with Gasteiger partial charge in [-0.05, 0) is 48.0 Å². The van der Waals surface area contributed by atoms with Crippen molar-refractivity contribution < 1.29 is 33.8 Å². The fourth-order valence-electron chi connectivity index (χ4n) is 8.45. The van der Waals surface area contributed by atoms with Crippen LogP contribution in [0.2, 0.25) is 0 Å². The molecular formula is C29H36O7. The van der Waals surface area contributed by atoms with Gasteiger partial charge in [0.1, 0.15) is 6.10 Å². The molecule has 0 aromatic carbocycles. The maximum absolute atomic E-state index is 13.5. The summed E-state index contributed by atoms with van der Waals surface area (Å²) in [5, 5.41) is 23.5. The molecule has 0 bridgehead atoms. The van der Waals surface area contributed by atoms with Crippen LogP contribution in [-0.2, 0) is 19.1 Å². The van der Waals surface area contributed by atoms with Crippen molar-refractivity contribution in [2.75, 3.05) is 0 Å². The van der Waals surface area contributed by atoms with Crippen molar-refractivity contribution in [1.82, 2.24) is 0 Å². The highest BCUT2D eigenvalue weighted by atomic mass is 16.6. The van der Waals surface area contributed by atoms with Gasteiger partial charge in [0.25, 0.3) is 0 Å². The molecule has 7 nitrogen and oxygen atoms in total. The van der Waals surface area contributed by atoms with E-state index in [1.165, 1.54) is 6.92 Å². The van der Waals surface area contributed by atoms with E-state index in [0.717, 1.165) is 11.1 Å². The van der Waals surface area contributed by atoms with Crippen LogP contribution in [0.25, 0.3) is 0 Å². The molecule has 1 aromatic heterocycles. The average Bonchev–Trinajstić information content (AvgIpc) is 3.38. The summed E-state index contributed by atoms with van der Waals surface area (Å²) in [4.78, 5) is 38.9. The standard InChI is InChI=1S/C29H36O7/c1-15(30)36-25-23(33)22-24(34)26(2,3)20(32)8-11-27(22,4)18-7-10-28(5)19(29(18,25)6)13-17(31)21(28)16-9-12-35-14-16/h8-9,11-14,18,21-25,33-34H,7,10H2,1-6H3. The minimum Gasteiger partial charge on any atom is -0.472 e. The van der Waals surface area contributed by atoms with Crippen LogP contribution in [0.3, 0.4) is 0 Å². The number of rotatable bonds is 2. The van der Waals surface area contributed by atoms with E-state index >= 15 is 0 Å². The Morgan fingerprint density at radius 2 is 1.83 bits per heavy atom. The first-order valence-corrected chi connectivity index (χ1v) is 12.8. The first-order chi connectivity index (χ1) is 16.7. The maximum Gasteiger partial charge on any atom is 0.303 e. The van der Waals surface area contributed by atoms with Crippen molar-refractivity contribution in [3.05, 3.63) is 48.0 Å². The molecule has 0 amide bonds. The number of aliphatic hydroxyl groups excluding tert-OH is 2. The molecule has 0 saturated heterocycles. The van der Waals surface area contributed by atoms with Crippen molar-refractivity contribution in [3.8, 4) is 0 Å². The van der Waals surface area contributed by atoms with Crippen molar-refractivity contribution in [1.29, 1.82) is 0 Å². The predicted molar refractivity (Wildman–Crippen MR) is 131 cm³/mol. The third-order valence-corrected chi connectivity index (χ3v) is 10.3. The molecule has 1 aromatic rings. The molecule has 7 heteroatoms. The summed E-state index contributed by atoms with van der Waals surface area (Å²) >= 11 is 0. The van der Waals surface area contributed by atoms with Gasteiger partial charge in [-0.1, -0.05) is 40.7 Å². The number of ketones is 2. The van der Waals surface area contributed by atoms with Crippen LogP contribution in [0.4, 0.5) is 0 Å². The van der Waals surface area contributed by atoms with Gasteiger partial charge >= 0.3 is 5.97 Å². The Labute approximate surface area is 211 Å². The second-order valence-electron chi connectivity index (χ2n) is 12.5. The fourth-order valence-corrected chi connectivity index (χ4v) is 8.45. The van der Waals surface area contributed by atoms with Crippen LogP contribution >= 0.6 is 0 Å². The molecule has 0 spiro atoms. The predicted octanol–water partition coefficient (Wildman–Crippen LogP) is 3.75. The number of hydrogen-bond donors (Lipinski definition) is 2. The zero-order chi connectivity index (χ0) is 26.4. The molecule has 0 aliphatic heterocycles. The van der Waals surface area contributed by atoms with Crippen LogP contribution < -0.4 is 0 Å². The SMILES string of the molecule is CC(=O)OC1C(O)C2C(O)C(C)(C)C(=O)C=CC2(C)C2CCC3(C)C(=CC(=O)C3c3ccoc3)C12C. The Bertz CT molecular complexity index is 1180. The van der Waals surface area contributed by atoms with Crippen molar-refractivity contribution >= 4 is 17.5 Å². The second-order valence-corrected chi connectivity index (χ2v) is 12.5. The maximum atomic E-state index is 13.5. The fraction of sp³-hybridized carbons (Fsp3) is 0.621. The largest absolute Gasteiger partial charge is 0.472 e. The summed E-state index contributed by atoms with van der Waals surface area (Å²) < 4.78 is 11.2. The van der Waals surface area contributed by atoms with Gasteiger partial charge in [0.05, 0.1) is 36.1 Å². The molecule has 4 aliphatic rings. The van der Waals surface area contributed by atoms with Crippen LogP contribution in [0.5, 0.6) is 0 Å². The molecule has 9 atom stereocenters. The van der Waals surface area contributed by atoms with Gasteiger partial charge in [-0.3, -0.25) is 14.4 Å². The Kier molecular flexibility index (Phi) is 5.41. The Morgan fingerprint density at radius 3 is 2.44 bits per heavy atom. The van der Waals surface area contributed by atoms with Crippen molar-refractivity contribution in [2.45, 2.75) is 78.6 Å². The molecule has 5 rings (SSSR count). The molecule has 9 unspecified atom stereocenters. The molecule has 194 valence electrons. The normalized spacial score (nSPS) is 45.3. The number of furan rings is 1. The van der Waals surface area contributed by atoms with E-state index in [-0.39, 0.29) is 17.5 Å². The zero-order valence-electron chi connectivity index (χ0n) is 21.8. The summed E-state index contributed by atoms with van der Waals surface area (Å²) in [6.45, 7) is 10.7. The van der Waals surface area contributed by atoms with Gasteiger partial charge in [-0.2, -0.15) is 0 Å². The molecule has 2 N–H and O–H groups in total. The van der Waals surface area contributed by atoms with E-state index in [1.54, 1.807) is 38.5 Å². The third-order valence-electron chi connectivity index (χ3n) is 10.3. The lowest BCUT2D eigenvalue weighted by Gasteiger charge is -2.65. The van der Waals surface area contributed by atoms with Gasteiger partial charge in [0.2, 0.25) is 0 Å². The second kappa shape index (κ2) is 7.75. The van der Waals surface area contributed by atoms with Crippen molar-refractivity contribution in [3.63, 3.8) is 0 Å². The summed E-state index contributed by atoms with van der Waals surface area (Å²) in [5.74, 6) is -2.16. The number of allylic oxidation sites excluding steroid dienone is 3. The number of fused-ring (bicyclic) bond motifs is 5. The Morgan fingerprint density at radius 1 is 1.14 bits per heavy atom. The van der Waals surface area contributed by atoms with E-state index < -0.39 is 57.8 Å². The van der Waals surface area contributed by atoms with Gasteiger partial charge in [0.15, 0.2) is 11.6 Å². The van der Waals surface area contributed by atoms with E-state index in [9.17, 15) is 24.6 Å². The number of aliphatic hydroxyl groups is 2. The number of carbonyl (C=O) groups excluding carboxylic acids is 3. The number of ether oxygens (including phenoxy) is 1. The van der Waals surface area contributed by atoms with Gasteiger partial charge in [-0.25, -0.2) is 0 Å². The third kappa shape index (κ3) is 3.02. The minimum absolute atomic E-state index is 0.0353. The van der Waals surface area contributed by atoms with Crippen LogP contribution in [0.1, 0.15) is 65.9 Å². The van der Waals surface area contributed by atoms with Gasteiger partial charge in [0, 0.05) is 29.2 Å². The highest BCUT2D eigenvalue weighted by molar-refractivity contribution is 6.01. The highest BCUT2D eigenvalue weighted by Crippen LogP contribution is 2.71. The summed E-state index contributed by atoms with van der Waals surface area (Å²) in [6, 6.07) is 1.81. The quantitative estimate of drug-likeness (QED) is 0.600. The van der Waals surface area contributed by atoms with E-state index in [1.807, 2.05) is 26.0 Å². The molecule has 1 heterocycles. The van der Waals surface area contributed by atoms with Crippen LogP contribution in [-0.4, -0.2) is 46.1 Å². The molecule has 36 heavy (non-hydrogen) atoms. The molecule has 2 fully saturated rings. The highest BCUT2D eigenvalue weighted by Gasteiger charge is 2.71. The lowest BCUT2D eigenvalue weighted by molar-refractivity contribution is -0.232. The Hall–Kier alpha value is -2.51. The molecule has 2 saturated carbocycles. The lowest BCUT2D eigenvalue weighted by atomic mass is 9.40.